The molecule has 0 radical (unpaired) electrons. The van der Waals surface area contributed by atoms with Crippen molar-refractivity contribution >= 4 is 31.9 Å². The molecule has 0 N–H and O–H groups in total. The fourth-order valence-electron chi connectivity index (χ4n) is 2.89. The van der Waals surface area contributed by atoms with Crippen molar-refractivity contribution in [1.29, 1.82) is 0 Å². The lowest BCUT2D eigenvalue weighted by Gasteiger charge is -2.27. The number of rotatable bonds is 8. The van der Waals surface area contributed by atoms with Crippen LogP contribution in [0, 0.1) is 0 Å². The molecule has 0 fully saturated rings. The minimum atomic E-state index is -5.03. The van der Waals surface area contributed by atoms with Crippen LogP contribution in [0.1, 0.15) is 51.2 Å². The molecule has 0 unspecified atom stereocenters. The lowest BCUT2D eigenvalue weighted by Crippen LogP contribution is -2.59. The van der Waals surface area contributed by atoms with E-state index >= 15 is 0 Å². The Morgan fingerprint density at radius 3 is 1.31 bits per heavy atom. The van der Waals surface area contributed by atoms with E-state index in [1.54, 1.807) is 0 Å². The van der Waals surface area contributed by atoms with E-state index in [0.717, 1.165) is 24.3 Å². The Labute approximate surface area is 203 Å². The van der Waals surface area contributed by atoms with Crippen LogP contribution in [0.15, 0.2) is 42.5 Å². The Balaban J connectivity index is 2.65. The van der Waals surface area contributed by atoms with Crippen molar-refractivity contribution in [3.8, 4) is 11.1 Å². The Morgan fingerprint density at radius 2 is 1.00 bits per heavy atom. The minimum absolute atomic E-state index is 0.00834. The fourth-order valence-corrected chi connectivity index (χ4v) is 5.28. The van der Waals surface area contributed by atoms with Crippen LogP contribution in [-0.2, 0) is 40.0 Å². The second-order valence-electron chi connectivity index (χ2n) is 7.41. The number of benzene rings is 2. The van der Waals surface area contributed by atoms with Crippen LogP contribution in [0.4, 0.5) is 26.3 Å². The highest BCUT2D eigenvalue weighted by Crippen LogP contribution is 2.38. The molecule has 0 aromatic heterocycles. The van der Waals surface area contributed by atoms with E-state index in [2.05, 4.69) is 0 Å². The predicted molar refractivity (Wildman–Crippen MR) is 116 cm³/mol. The van der Waals surface area contributed by atoms with Crippen LogP contribution in [-0.4, -0.2) is 26.7 Å². The van der Waals surface area contributed by atoms with Crippen LogP contribution < -0.4 is 5.19 Å². The smallest absolute Gasteiger partial charge is 0.452 e. The van der Waals surface area contributed by atoms with Gasteiger partial charge in [0.15, 0.2) is 0 Å². The highest BCUT2D eigenvalue weighted by Gasteiger charge is 2.55. The quantitative estimate of drug-likeness (QED) is 0.332. The normalized spacial score (nSPS) is 12.1. The minimum Gasteiger partial charge on any atom is -0.452 e. The van der Waals surface area contributed by atoms with Crippen molar-refractivity contribution in [2.24, 2.45) is 0 Å². The fraction of sp³-hybridized carbons (Fsp3) is 0.348. The first-order chi connectivity index (χ1) is 16.6. The zero-order valence-electron chi connectivity index (χ0n) is 19.4. The van der Waals surface area contributed by atoms with E-state index < -0.39 is 55.8 Å². The molecule has 0 amide bonds. The third-order valence-electron chi connectivity index (χ3n) is 4.77. The zero-order chi connectivity index (χ0) is 27.3. The van der Waals surface area contributed by atoms with Gasteiger partial charge in [-0.3, -0.25) is 14.4 Å². The highest BCUT2D eigenvalue weighted by atomic mass is 28.4. The molecule has 0 saturated carbocycles. The average molecular weight is 536 g/mol. The van der Waals surface area contributed by atoms with Gasteiger partial charge in [0.25, 0.3) is 17.9 Å². The molecule has 0 spiro atoms. The van der Waals surface area contributed by atoms with Gasteiger partial charge < -0.3 is 13.3 Å². The summed E-state index contributed by atoms with van der Waals surface area (Å²) in [6.07, 6.45) is -10.6. The summed E-state index contributed by atoms with van der Waals surface area (Å²) < 4.78 is 95.3. The molecule has 13 heteroatoms. The first-order valence-electron chi connectivity index (χ1n) is 10.7. The van der Waals surface area contributed by atoms with Crippen LogP contribution in [0.2, 0.25) is 0 Å². The monoisotopic (exact) mass is 536 g/mol. The Bertz CT molecular complexity index is 1030. The van der Waals surface area contributed by atoms with Crippen molar-refractivity contribution in [3.63, 3.8) is 0 Å². The van der Waals surface area contributed by atoms with Gasteiger partial charge in [-0.15, -0.1) is 0 Å². The molecule has 2 aromatic rings. The predicted octanol–water partition coefficient (Wildman–Crippen LogP) is 5.40. The third-order valence-corrected chi connectivity index (χ3v) is 7.30. The molecular weight excluding hydrogens is 514 g/mol. The van der Waals surface area contributed by atoms with Crippen LogP contribution in [0.25, 0.3) is 11.1 Å². The van der Waals surface area contributed by atoms with Gasteiger partial charge in [-0.1, -0.05) is 45.0 Å². The van der Waals surface area contributed by atoms with Crippen LogP contribution in [0.3, 0.4) is 0 Å². The SMILES string of the molecule is CCC(=O)O[Si](OC(=O)CC)(OC(=O)CC)c1ccc(-c2cc(C(F)(F)F)cc(C(F)(F)F)c2)cc1. The van der Waals surface area contributed by atoms with E-state index in [-0.39, 0.29) is 36.1 Å². The van der Waals surface area contributed by atoms with E-state index in [9.17, 15) is 40.7 Å². The van der Waals surface area contributed by atoms with Crippen molar-refractivity contribution < 1.29 is 54.0 Å². The molecule has 0 aliphatic carbocycles. The van der Waals surface area contributed by atoms with Gasteiger partial charge in [-0.25, -0.2) is 0 Å². The van der Waals surface area contributed by atoms with Gasteiger partial charge in [0.1, 0.15) is 0 Å². The summed E-state index contributed by atoms with van der Waals surface area (Å²) in [6.45, 7) is 4.33. The number of halogens is 6. The number of hydrogen-bond donors (Lipinski definition) is 0. The van der Waals surface area contributed by atoms with Gasteiger partial charge in [0.2, 0.25) is 0 Å². The van der Waals surface area contributed by atoms with Crippen LogP contribution in [0.5, 0.6) is 0 Å². The molecular formula is C23H22F6O6Si. The highest BCUT2D eigenvalue weighted by molar-refractivity contribution is 6.79. The summed E-state index contributed by atoms with van der Waals surface area (Å²) in [6, 6.07) is 5.72. The van der Waals surface area contributed by atoms with Gasteiger partial charge >= 0.3 is 21.2 Å². The Morgan fingerprint density at radius 1 is 0.639 bits per heavy atom. The topological polar surface area (TPSA) is 78.9 Å². The summed E-state index contributed by atoms with van der Waals surface area (Å²) in [5, 5.41) is -0.0697. The number of alkyl halides is 6. The summed E-state index contributed by atoms with van der Waals surface area (Å²) in [7, 11) is -4.54. The van der Waals surface area contributed by atoms with Gasteiger partial charge in [0.05, 0.1) is 16.3 Å². The van der Waals surface area contributed by atoms with Crippen LogP contribution >= 0.6 is 0 Å². The van der Waals surface area contributed by atoms with Crippen molar-refractivity contribution in [3.05, 3.63) is 53.6 Å². The maximum Gasteiger partial charge on any atom is 0.742 e. The lowest BCUT2D eigenvalue weighted by molar-refractivity contribution is -0.149. The van der Waals surface area contributed by atoms with Crippen molar-refractivity contribution in [2.75, 3.05) is 0 Å². The largest absolute Gasteiger partial charge is 0.742 e. The molecule has 2 rings (SSSR count). The number of carbonyl (C=O) groups is 3. The van der Waals surface area contributed by atoms with E-state index in [1.165, 1.54) is 20.8 Å². The molecule has 0 atom stereocenters. The average Bonchev–Trinajstić information content (AvgIpc) is 2.82. The molecule has 0 aliphatic heterocycles. The van der Waals surface area contributed by atoms with Crippen molar-refractivity contribution in [2.45, 2.75) is 52.4 Å². The Kier molecular flexibility index (Phi) is 8.94. The standard InChI is InChI=1S/C23H22F6O6Si/c1-4-19(30)33-36(34-20(31)5-2,35-21(32)6-3)18-9-7-14(8-10-18)15-11-16(22(24,25)26)13-17(12-15)23(27,28)29/h7-13H,4-6H2,1-3H3. The molecule has 6 nitrogen and oxygen atoms in total. The number of carbonyl (C=O) groups excluding carboxylic acids is 3. The molecule has 2 aromatic carbocycles. The summed E-state index contributed by atoms with van der Waals surface area (Å²) in [4.78, 5) is 36.3. The maximum atomic E-state index is 13.2. The molecule has 36 heavy (non-hydrogen) atoms. The third kappa shape index (κ3) is 7.09. The summed E-state index contributed by atoms with van der Waals surface area (Å²) in [5.74, 6) is -2.57. The summed E-state index contributed by atoms with van der Waals surface area (Å²) in [5.41, 5.74) is -3.43. The van der Waals surface area contributed by atoms with Gasteiger partial charge in [-0.2, -0.15) is 26.3 Å². The lowest BCUT2D eigenvalue weighted by atomic mass is 9.99. The van der Waals surface area contributed by atoms with E-state index in [4.69, 9.17) is 13.3 Å². The molecule has 0 saturated heterocycles. The Hall–Kier alpha value is -3.35. The second-order valence-corrected chi connectivity index (χ2v) is 9.71. The first-order valence-corrected chi connectivity index (χ1v) is 12.4. The van der Waals surface area contributed by atoms with Gasteiger partial charge in [-0.05, 0) is 29.3 Å². The maximum absolute atomic E-state index is 13.2. The first kappa shape index (κ1) is 28.9. The summed E-state index contributed by atoms with van der Waals surface area (Å²) >= 11 is 0. The van der Waals surface area contributed by atoms with Crippen molar-refractivity contribution in [1.82, 2.24) is 0 Å². The van der Waals surface area contributed by atoms with E-state index in [0.29, 0.717) is 12.1 Å². The van der Waals surface area contributed by atoms with Gasteiger partial charge in [0, 0.05) is 19.3 Å². The molecule has 0 aliphatic rings. The molecule has 196 valence electrons. The molecule has 0 bridgehead atoms. The van der Waals surface area contributed by atoms with E-state index in [1.807, 2.05) is 0 Å². The number of hydrogen-bond acceptors (Lipinski definition) is 6. The second kappa shape index (κ2) is 11.1. The molecule has 0 heterocycles. The zero-order valence-corrected chi connectivity index (χ0v) is 20.4.